The molecular weight excluding hydrogens is 980 g/mol. The zero-order chi connectivity index (χ0) is 56.3. The van der Waals surface area contributed by atoms with Gasteiger partial charge in [0.1, 0.15) is 0 Å². The molecule has 0 bridgehead atoms. The fourth-order valence-electron chi connectivity index (χ4n) is 10.6. The molecular formula is C68H93N2NaO7. The first kappa shape index (κ1) is 72.8. The molecule has 6 rings (SSSR count). The van der Waals surface area contributed by atoms with Crippen LogP contribution >= 0.6 is 0 Å². The fraction of sp³-hybridized carbons (Fsp3) is 0.471. The Morgan fingerprint density at radius 2 is 0.795 bits per heavy atom. The van der Waals surface area contributed by atoms with Crippen LogP contribution in [0.5, 0.6) is 0 Å². The normalized spacial score (nSPS) is 11.9. The summed E-state index contributed by atoms with van der Waals surface area (Å²) < 4.78 is 0. The molecule has 3 N–H and O–H groups in total. The van der Waals surface area contributed by atoms with E-state index >= 15 is 0 Å². The van der Waals surface area contributed by atoms with Crippen molar-refractivity contribution >= 4 is 12.3 Å². The molecule has 2 aromatic heterocycles. The quantitative estimate of drug-likeness (QED) is 0.0846. The van der Waals surface area contributed by atoms with Gasteiger partial charge in [0.2, 0.25) is 0 Å². The van der Waals surface area contributed by atoms with Gasteiger partial charge >= 0.3 is 41.9 Å². The third kappa shape index (κ3) is 19.0. The molecule has 0 aliphatic carbocycles. The van der Waals surface area contributed by atoms with Gasteiger partial charge in [-0.1, -0.05) is 156 Å². The van der Waals surface area contributed by atoms with Crippen LogP contribution in [0.1, 0.15) is 189 Å². The minimum absolute atomic E-state index is 0. The van der Waals surface area contributed by atoms with E-state index in [1.165, 1.54) is 89.0 Å². The molecule has 2 atom stereocenters. The zero-order valence-corrected chi connectivity index (χ0v) is 51.8. The molecule has 6 aromatic rings. The summed E-state index contributed by atoms with van der Waals surface area (Å²) in [6, 6.07) is 32.5. The summed E-state index contributed by atoms with van der Waals surface area (Å²) in [5.41, 5.74) is 20.6. The first-order valence-electron chi connectivity index (χ1n) is 27.0. The molecule has 10 heteroatoms. The van der Waals surface area contributed by atoms with Gasteiger partial charge in [-0.2, -0.15) is 19.2 Å². The van der Waals surface area contributed by atoms with Crippen LogP contribution in [0.15, 0.2) is 110 Å². The van der Waals surface area contributed by atoms with Gasteiger partial charge in [-0.3, -0.25) is 9.97 Å². The minimum Gasteiger partial charge on any atom is -0.870 e. The number of aromatic nitrogens is 2. The second kappa shape index (κ2) is 33.4. The van der Waals surface area contributed by atoms with Gasteiger partial charge in [-0.15, -0.1) is 0 Å². The van der Waals surface area contributed by atoms with Crippen LogP contribution in [0, 0.1) is 45.4 Å². The van der Waals surface area contributed by atoms with E-state index in [9.17, 15) is 10.2 Å². The first-order valence-corrected chi connectivity index (χ1v) is 27.0. The Morgan fingerprint density at radius 3 is 1.09 bits per heavy atom. The van der Waals surface area contributed by atoms with Crippen molar-refractivity contribution in [1.82, 2.24) is 9.97 Å². The van der Waals surface area contributed by atoms with Crippen LogP contribution in [-0.4, -0.2) is 50.2 Å². The Kier molecular flexibility index (Phi) is 31.2. The molecule has 0 aliphatic heterocycles. The third-order valence-electron chi connectivity index (χ3n) is 15.8. The monoisotopic (exact) mass is 1070 g/mol. The second-order valence-corrected chi connectivity index (χ2v) is 22.6. The molecule has 418 valence electrons. The summed E-state index contributed by atoms with van der Waals surface area (Å²) in [6.07, 6.45) is 16.3. The largest absolute Gasteiger partial charge is 1.00 e. The number of aliphatic hydroxyl groups excluding tert-OH is 2. The van der Waals surface area contributed by atoms with Gasteiger partial charge in [0.05, 0.1) is 12.2 Å². The molecule has 9 nitrogen and oxygen atoms in total. The van der Waals surface area contributed by atoms with Gasteiger partial charge in [-0.05, 0) is 193 Å². The number of pyridine rings is 2. The van der Waals surface area contributed by atoms with E-state index in [1.807, 2.05) is 24.8 Å². The Labute approximate surface area is 492 Å². The SMILES string of the molecule is C.CCC(CC)(c1ccc(CCC(O)C(C)(C)C)c(C)c1)c1ccc(-c2cncc(C)c2)c(C)c1.CCc1cncc(-c2ccc(C(CC)(CC)c3ccc(CCC(O)C(C)(C)C)c(C)c3)cc2C)c1.O=C=O.O=C=O.[Na+].[OH-]. The summed E-state index contributed by atoms with van der Waals surface area (Å²) in [5.74, 6) is 0. The number of carbonyl (C=O) groups excluding carboxylic acids is 4. The summed E-state index contributed by atoms with van der Waals surface area (Å²) in [5, 5.41) is 21.0. The van der Waals surface area contributed by atoms with Crippen molar-refractivity contribution in [3.63, 3.8) is 0 Å². The van der Waals surface area contributed by atoms with Crippen LogP contribution in [0.4, 0.5) is 0 Å². The van der Waals surface area contributed by atoms with E-state index in [1.54, 1.807) is 0 Å². The van der Waals surface area contributed by atoms with Crippen molar-refractivity contribution in [3.8, 4) is 22.3 Å². The van der Waals surface area contributed by atoms with Crippen molar-refractivity contribution in [3.05, 3.63) is 176 Å². The predicted octanol–water partition coefficient (Wildman–Crippen LogP) is 12.8. The molecule has 0 fully saturated rings. The standard InChI is InChI=1S/C33H45NO.C32H43NO.2CO2.CH4.Na.H2O/c1-9-25-20-27(22-34-21-25)30-16-15-29(19-24(30)5)33(10-2,11-3)28-14-12-26(23(4)18-28)13-17-31(35)32(6,7)8;1-9-32(10-2,27-13-11-25(23(4)18-27)12-16-30(34)31(6,7)8)28-14-15-29(24(5)19-28)26-17-22(3)20-33-21-26;2*2-1-3;;;/h12,14-16,18-22,31,35H,9-11,13,17H2,1-8H3;11,13-15,17-21,30,34H,9-10,12,16H2,1-8H3;;;1H4;;1H2/q;;;;;+1;/p-1. The molecule has 2 heterocycles. The molecule has 0 spiro atoms. The van der Waals surface area contributed by atoms with Crippen LogP contribution in [0.2, 0.25) is 0 Å². The predicted molar refractivity (Wildman–Crippen MR) is 314 cm³/mol. The van der Waals surface area contributed by atoms with Crippen molar-refractivity contribution in [1.29, 1.82) is 0 Å². The Hall–Kier alpha value is -5.18. The van der Waals surface area contributed by atoms with Gasteiger partial charge in [0, 0.05) is 46.7 Å². The average molecular weight is 1070 g/mol. The summed E-state index contributed by atoms with van der Waals surface area (Å²) >= 11 is 0. The zero-order valence-electron chi connectivity index (χ0n) is 49.8. The Balaban J connectivity index is 0.00000133. The van der Waals surface area contributed by atoms with Gasteiger partial charge < -0.3 is 15.7 Å². The molecule has 4 aromatic carbocycles. The molecule has 0 saturated carbocycles. The van der Waals surface area contributed by atoms with Crippen molar-refractivity contribution < 1.29 is 64.4 Å². The average Bonchev–Trinajstić information content (AvgIpc) is 3.37. The van der Waals surface area contributed by atoms with Crippen LogP contribution in [-0.2, 0) is 49.3 Å². The summed E-state index contributed by atoms with van der Waals surface area (Å²) in [7, 11) is 0. The maximum absolute atomic E-state index is 10.5. The number of aliphatic hydroxyl groups is 2. The van der Waals surface area contributed by atoms with Gasteiger partial charge in [0.25, 0.3) is 0 Å². The summed E-state index contributed by atoms with van der Waals surface area (Å²) in [4.78, 5) is 41.4. The Bertz CT molecular complexity index is 2830. The molecule has 0 aliphatic rings. The molecule has 0 saturated heterocycles. The number of hydrogen-bond donors (Lipinski definition) is 2. The molecule has 0 amide bonds. The minimum atomic E-state index is -0.290. The third-order valence-corrected chi connectivity index (χ3v) is 15.8. The number of benzene rings is 4. The van der Waals surface area contributed by atoms with Crippen molar-refractivity contribution in [2.75, 3.05) is 0 Å². The number of hydrogen-bond acceptors (Lipinski definition) is 9. The number of nitrogens with zero attached hydrogens (tertiary/aromatic N) is 2. The van der Waals surface area contributed by atoms with Crippen molar-refractivity contribution in [2.24, 2.45) is 10.8 Å². The number of aryl methyl sites for hydroxylation is 8. The van der Waals surface area contributed by atoms with E-state index in [0.29, 0.717) is 0 Å². The second-order valence-electron chi connectivity index (χ2n) is 22.6. The maximum Gasteiger partial charge on any atom is 1.00 e. The van der Waals surface area contributed by atoms with Crippen LogP contribution < -0.4 is 29.6 Å². The first-order chi connectivity index (χ1) is 35.4. The smallest absolute Gasteiger partial charge is 0.870 e. The van der Waals surface area contributed by atoms with Crippen molar-refractivity contribution in [2.45, 2.75) is 199 Å². The number of rotatable bonds is 17. The summed E-state index contributed by atoms with van der Waals surface area (Å²) in [6.45, 7) is 35.0. The van der Waals surface area contributed by atoms with Crippen LogP contribution in [0.25, 0.3) is 22.3 Å². The fourth-order valence-corrected chi connectivity index (χ4v) is 10.6. The molecule has 2 unspecified atom stereocenters. The van der Waals surface area contributed by atoms with Gasteiger partial charge in [0.15, 0.2) is 0 Å². The van der Waals surface area contributed by atoms with E-state index < -0.39 is 0 Å². The topological polar surface area (TPSA) is 165 Å². The van der Waals surface area contributed by atoms with E-state index in [-0.39, 0.29) is 88.6 Å². The Morgan fingerprint density at radius 1 is 0.474 bits per heavy atom. The molecule has 78 heavy (non-hydrogen) atoms. The maximum atomic E-state index is 10.5. The molecule has 0 radical (unpaired) electrons. The van der Waals surface area contributed by atoms with Gasteiger partial charge in [-0.25, -0.2) is 0 Å². The van der Waals surface area contributed by atoms with E-state index in [2.05, 4.69) is 206 Å². The van der Waals surface area contributed by atoms with E-state index in [4.69, 9.17) is 19.2 Å². The van der Waals surface area contributed by atoms with Crippen LogP contribution in [0.3, 0.4) is 0 Å². The van der Waals surface area contributed by atoms with E-state index in [0.717, 1.165) is 57.8 Å².